The summed E-state index contributed by atoms with van der Waals surface area (Å²) in [5.74, 6) is -0.722. The van der Waals surface area contributed by atoms with Crippen LogP contribution < -0.4 is 5.32 Å². The molecule has 36 heavy (non-hydrogen) atoms. The van der Waals surface area contributed by atoms with E-state index in [1.165, 1.54) is 17.1 Å². The first kappa shape index (κ1) is 26.2. The molecule has 0 aliphatic carbocycles. The predicted molar refractivity (Wildman–Crippen MR) is 134 cm³/mol. The van der Waals surface area contributed by atoms with E-state index in [-0.39, 0.29) is 43.8 Å². The largest absolute Gasteiger partial charge is 0.334 e. The number of likely N-dealkylation sites (N-methyl/N-ethyl adjacent to an activating group) is 1. The predicted octanol–water partition coefficient (Wildman–Crippen LogP) is 3.87. The lowest BCUT2D eigenvalue weighted by Gasteiger charge is -2.54. The lowest BCUT2D eigenvalue weighted by Crippen LogP contribution is -2.75. The Kier molecular flexibility index (Phi) is 8.02. The van der Waals surface area contributed by atoms with Crippen LogP contribution in [0.25, 0.3) is 0 Å². The van der Waals surface area contributed by atoms with Gasteiger partial charge in [-0.2, -0.15) is 0 Å². The summed E-state index contributed by atoms with van der Waals surface area (Å²) in [5, 5.41) is 6.72. The average Bonchev–Trinajstić information content (AvgIpc) is 2.83. The summed E-state index contributed by atoms with van der Waals surface area (Å²) >= 11 is 12.2. The Balaban J connectivity index is 1.59. The van der Waals surface area contributed by atoms with Crippen LogP contribution in [0.2, 0.25) is 10.0 Å². The third kappa shape index (κ3) is 5.43. The van der Waals surface area contributed by atoms with Crippen LogP contribution in [0.4, 0.5) is 9.18 Å². The first-order chi connectivity index (χ1) is 17.2. The fourth-order valence-electron chi connectivity index (χ4n) is 4.72. The van der Waals surface area contributed by atoms with Crippen LogP contribution in [0, 0.1) is 5.82 Å². The number of hydrogen-bond donors (Lipinski definition) is 1. The van der Waals surface area contributed by atoms with E-state index in [9.17, 15) is 18.8 Å². The summed E-state index contributed by atoms with van der Waals surface area (Å²) in [6, 6.07) is 9.96. The Morgan fingerprint density at radius 1 is 1.08 bits per heavy atom. The molecule has 4 amide bonds. The highest BCUT2D eigenvalue weighted by Crippen LogP contribution is 2.30. The molecule has 0 aromatic heterocycles. The molecule has 2 aromatic carbocycles. The van der Waals surface area contributed by atoms with Gasteiger partial charge in [-0.1, -0.05) is 54.7 Å². The van der Waals surface area contributed by atoms with Gasteiger partial charge in [-0.25, -0.2) is 19.2 Å². The summed E-state index contributed by atoms with van der Waals surface area (Å²) in [6.45, 7) is 2.52. The van der Waals surface area contributed by atoms with Gasteiger partial charge in [0.25, 0.3) is 0 Å². The number of rotatable bonds is 6. The molecular formula is C25H28Cl2FN5O3. The molecule has 4 rings (SSSR count). The third-order valence-corrected chi connectivity index (χ3v) is 7.16. The number of amides is 4. The van der Waals surface area contributed by atoms with Crippen molar-refractivity contribution < 1.29 is 18.8 Å². The minimum Gasteiger partial charge on any atom is -0.333 e. The lowest BCUT2D eigenvalue weighted by molar-refractivity contribution is -0.188. The quantitative estimate of drug-likeness (QED) is 0.609. The van der Waals surface area contributed by atoms with E-state index in [2.05, 4.69) is 5.32 Å². The number of nitrogens with zero attached hydrogens (tertiary/aromatic N) is 4. The van der Waals surface area contributed by atoms with Gasteiger partial charge in [0.1, 0.15) is 18.0 Å². The fourth-order valence-corrected chi connectivity index (χ4v) is 5.04. The standard InChI is InChI=1S/C25H28Cl2FN5O3/c1-3-4-21-24(35)31(13-17-7-10-19(26)20(27)11-17)14-22-32(21)23(34)15-30(2)33(22)25(36)29-12-16-5-8-18(28)9-6-16/h5-11,21-22H,3-4,12-15H2,1-2H3,(H,29,36)/t21-,22-/m0/s1. The zero-order valence-corrected chi connectivity index (χ0v) is 21.6. The number of carbonyl (C=O) groups excluding carboxylic acids is 3. The van der Waals surface area contributed by atoms with Gasteiger partial charge < -0.3 is 15.1 Å². The van der Waals surface area contributed by atoms with Crippen LogP contribution in [0.5, 0.6) is 0 Å². The molecule has 2 aliphatic rings. The lowest BCUT2D eigenvalue weighted by atomic mass is 10.0. The summed E-state index contributed by atoms with van der Waals surface area (Å²) in [4.78, 5) is 43.1. The number of piperazine rings is 1. The SMILES string of the molecule is CCC[C@H]1C(=O)N(Cc2ccc(Cl)c(Cl)c2)C[C@H]2N1C(=O)CN(C)N2C(=O)NCc1ccc(F)cc1. The van der Waals surface area contributed by atoms with E-state index in [1.807, 2.05) is 6.92 Å². The molecule has 2 atom stereocenters. The molecule has 2 aliphatic heterocycles. The van der Waals surface area contributed by atoms with Crippen molar-refractivity contribution in [3.8, 4) is 0 Å². The molecular weight excluding hydrogens is 508 g/mol. The van der Waals surface area contributed by atoms with Crippen LogP contribution in [0.15, 0.2) is 42.5 Å². The summed E-state index contributed by atoms with van der Waals surface area (Å²) in [5.41, 5.74) is 1.53. The summed E-state index contributed by atoms with van der Waals surface area (Å²) < 4.78 is 13.2. The maximum Gasteiger partial charge on any atom is 0.334 e. The first-order valence-corrected chi connectivity index (χ1v) is 12.5. The number of fused-ring (bicyclic) bond motifs is 1. The van der Waals surface area contributed by atoms with Crippen LogP contribution >= 0.6 is 23.2 Å². The summed E-state index contributed by atoms with van der Waals surface area (Å²) in [6.07, 6.45) is 0.495. The van der Waals surface area contributed by atoms with Crippen molar-refractivity contribution in [3.05, 3.63) is 69.5 Å². The van der Waals surface area contributed by atoms with Crippen molar-refractivity contribution in [1.82, 2.24) is 25.1 Å². The van der Waals surface area contributed by atoms with Gasteiger partial charge in [0, 0.05) is 20.1 Å². The zero-order chi connectivity index (χ0) is 26.0. The van der Waals surface area contributed by atoms with Gasteiger partial charge in [-0.15, -0.1) is 0 Å². The Morgan fingerprint density at radius 3 is 2.44 bits per heavy atom. The topological polar surface area (TPSA) is 76.2 Å². The van der Waals surface area contributed by atoms with Gasteiger partial charge >= 0.3 is 6.03 Å². The highest BCUT2D eigenvalue weighted by molar-refractivity contribution is 6.42. The minimum absolute atomic E-state index is 0.0270. The highest BCUT2D eigenvalue weighted by Gasteiger charge is 2.50. The van der Waals surface area contributed by atoms with Crippen LogP contribution in [-0.2, 0) is 22.7 Å². The number of carbonyl (C=O) groups is 3. The van der Waals surface area contributed by atoms with Gasteiger partial charge in [-0.05, 0) is 41.8 Å². The molecule has 0 spiro atoms. The Morgan fingerprint density at radius 2 is 1.78 bits per heavy atom. The Labute approximate surface area is 219 Å². The van der Waals surface area contributed by atoms with Crippen LogP contribution in [0.1, 0.15) is 30.9 Å². The number of urea groups is 1. The van der Waals surface area contributed by atoms with E-state index >= 15 is 0 Å². The highest BCUT2D eigenvalue weighted by atomic mass is 35.5. The van der Waals surface area contributed by atoms with Crippen molar-refractivity contribution in [2.45, 2.75) is 45.1 Å². The molecule has 2 saturated heterocycles. The zero-order valence-electron chi connectivity index (χ0n) is 20.1. The first-order valence-electron chi connectivity index (χ1n) is 11.8. The van der Waals surface area contributed by atoms with Gasteiger partial charge in [0.2, 0.25) is 11.8 Å². The van der Waals surface area contributed by atoms with Gasteiger partial charge in [0.05, 0.1) is 23.1 Å². The smallest absolute Gasteiger partial charge is 0.333 e. The van der Waals surface area contributed by atoms with E-state index in [4.69, 9.17) is 23.2 Å². The van der Waals surface area contributed by atoms with E-state index in [0.717, 1.165) is 11.1 Å². The monoisotopic (exact) mass is 535 g/mol. The molecule has 0 unspecified atom stereocenters. The number of hydrazine groups is 1. The van der Waals surface area contributed by atoms with Crippen molar-refractivity contribution in [3.63, 3.8) is 0 Å². The number of halogens is 3. The second kappa shape index (κ2) is 11.0. The molecule has 2 aromatic rings. The van der Waals surface area contributed by atoms with Crippen LogP contribution in [-0.4, -0.2) is 70.0 Å². The van der Waals surface area contributed by atoms with Gasteiger partial charge in [0.15, 0.2) is 0 Å². The Bertz CT molecular complexity index is 1150. The third-order valence-electron chi connectivity index (χ3n) is 6.42. The van der Waals surface area contributed by atoms with E-state index in [0.29, 0.717) is 22.9 Å². The van der Waals surface area contributed by atoms with E-state index in [1.54, 1.807) is 52.2 Å². The molecule has 0 bridgehead atoms. The Hall–Kier alpha value is -2.88. The molecule has 2 heterocycles. The average molecular weight is 536 g/mol. The number of hydrogen-bond acceptors (Lipinski definition) is 4. The van der Waals surface area contributed by atoms with Crippen molar-refractivity contribution in [1.29, 1.82) is 0 Å². The summed E-state index contributed by atoms with van der Waals surface area (Å²) in [7, 11) is 1.67. The molecule has 8 nitrogen and oxygen atoms in total. The molecule has 2 fully saturated rings. The van der Waals surface area contributed by atoms with E-state index < -0.39 is 18.2 Å². The molecule has 11 heteroatoms. The normalized spacial score (nSPS) is 20.5. The maximum atomic E-state index is 13.5. The molecule has 0 radical (unpaired) electrons. The number of benzene rings is 2. The van der Waals surface area contributed by atoms with Crippen molar-refractivity contribution >= 4 is 41.0 Å². The fraction of sp³-hybridized carbons (Fsp3) is 0.400. The second-order valence-electron chi connectivity index (χ2n) is 9.00. The van der Waals surface area contributed by atoms with Crippen LogP contribution in [0.3, 0.4) is 0 Å². The van der Waals surface area contributed by atoms with Gasteiger partial charge in [-0.3, -0.25) is 9.59 Å². The van der Waals surface area contributed by atoms with Crippen molar-refractivity contribution in [2.24, 2.45) is 0 Å². The van der Waals surface area contributed by atoms with Crippen molar-refractivity contribution in [2.75, 3.05) is 20.1 Å². The number of nitrogens with one attached hydrogen (secondary N) is 1. The molecule has 1 N–H and O–H groups in total. The molecule has 192 valence electrons. The second-order valence-corrected chi connectivity index (χ2v) is 9.81. The minimum atomic E-state index is -0.679. The maximum absolute atomic E-state index is 13.5. The molecule has 0 saturated carbocycles.